The third-order valence-electron chi connectivity index (χ3n) is 5.67. The molecule has 1 N–H and O–H groups in total. The summed E-state index contributed by atoms with van der Waals surface area (Å²) in [5.41, 5.74) is 0.972. The summed E-state index contributed by atoms with van der Waals surface area (Å²) in [5.74, 6) is -2.22. The largest absolute Gasteiger partial charge is 0.618 e. The van der Waals surface area contributed by atoms with Crippen molar-refractivity contribution in [2.45, 2.75) is 45.9 Å². The molecule has 10 heteroatoms. The number of rotatable bonds is 6. The quantitative estimate of drug-likeness (QED) is 0.184. The molecular formula is C27H27F3N2O5. The monoisotopic (exact) mass is 516 g/mol. The lowest BCUT2D eigenvalue weighted by molar-refractivity contribution is -0.354. The molecule has 2 aromatic rings. The van der Waals surface area contributed by atoms with Crippen molar-refractivity contribution >= 4 is 23.8 Å². The van der Waals surface area contributed by atoms with Gasteiger partial charge in [0.1, 0.15) is 0 Å². The van der Waals surface area contributed by atoms with Gasteiger partial charge in [0.25, 0.3) is 0 Å². The van der Waals surface area contributed by atoms with Crippen molar-refractivity contribution in [3.8, 4) is 0 Å². The Morgan fingerprint density at radius 1 is 1.03 bits per heavy atom. The van der Waals surface area contributed by atoms with Gasteiger partial charge in [-0.05, 0) is 51.5 Å². The molecule has 196 valence electrons. The number of hydrogen-bond acceptors (Lipinski definition) is 6. The van der Waals surface area contributed by atoms with E-state index in [9.17, 15) is 28.0 Å². The van der Waals surface area contributed by atoms with Crippen molar-refractivity contribution in [1.82, 2.24) is 5.32 Å². The molecule has 0 aliphatic carbocycles. The fourth-order valence-corrected chi connectivity index (χ4v) is 4.10. The van der Waals surface area contributed by atoms with E-state index in [1.54, 1.807) is 39.8 Å². The van der Waals surface area contributed by atoms with E-state index in [1.165, 1.54) is 31.4 Å². The van der Waals surface area contributed by atoms with Crippen molar-refractivity contribution in [3.63, 3.8) is 0 Å². The molecule has 37 heavy (non-hydrogen) atoms. The van der Waals surface area contributed by atoms with Crippen LogP contribution in [0.5, 0.6) is 0 Å². The molecule has 1 aliphatic heterocycles. The summed E-state index contributed by atoms with van der Waals surface area (Å²) in [6, 6.07) is 10.5. The molecule has 0 saturated carbocycles. The summed E-state index contributed by atoms with van der Waals surface area (Å²) < 4.78 is 50.0. The maximum Gasteiger partial charge on any atom is 0.416 e. The van der Waals surface area contributed by atoms with E-state index in [2.05, 4.69) is 5.32 Å². The third-order valence-corrected chi connectivity index (χ3v) is 5.67. The molecule has 0 radical (unpaired) electrons. The number of nitrogens with zero attached hydrogens (tertiary/aromatic N) is 1. The van der Waals surface area contributed by atoms with Gasteiger partial charge in [0.2, 0.25) is 5.69 Å². The number of benzene rings is 2. The Hall–Kier alpha value is -4.08. The van der Waals surface area contributed by atoms with E-state index in [4.69, 9.17) is 9.47 Å². The zero-order chi connectivity index (χ0) is 27.5. The van der Waals surface area contributed by atoms with Crippen LogP contribution in [0.1, 0.15) is 50.3 Å². The Bertz CT molecular complexity index is 1310. The van der Waals surface area contributed by atoms with Crippen LogP contribution in [0.25, 0.3) is 0 Å². The Labute approximate surface area is 212 Å². The van der Waals surface area contributed by atoms with Gasteiger partial charge in [0, 0.05) is 29.1 Å². The first kappa shape index (κ1) is 27.5. The third kappa shape index (κ3) is 6.19. The van der Waals surface area contributed by atoms with E-state index in [-0.39, 0.29) is 22.4 Å². The average molecular weight is 517 g/mol. The SMILES string of the molecule is COC(=O)C1=C(C)NC(C)=C(C(=O)OC(C)C)C1c1cccc(/[N+]([O-])=C/c2cccc(C(F)(F)F)c2)c1. The lowest BCUT2D eigenvalue weighted by Crippen LogP contribution is -2.33. The molecule has 1 unspecified atom stereocenters. The van der Waals surface area contributed by atoms with Crippen LogP contribution in [0.4, 0.5) is 18.9 Å². The molecule has 0 aromatic heterocycles. The lowest BCUT2D eigenvalue weighted by atomic mass is 9.80. The van der Waals surface area contributed by atoms with Crippen LogP contribution in [0.15, 0.2) is 71.1 Å². The summed E-state index contributed by atoms with van der Waals surface area (Å²) in [4.78, 5) is 25.8. The predicted molar refractivity (Wildman–Crippen MR) is 131 cm³/mol. The minimum atomic E-state index is -4.55. The molecule has 1 atom stereocenters. The molecule has 7 nitrogen and oxygen atoms in total. The number of allylic oxidation sites excluding steroid dienone is 2. The number of halogens is 3. The minimum Gasteiger partial charge on any atom is -0.618 e. The Kier molecular flexibility index (Phi) is 8.10. The second-order valence-electron chi connectivity index (χ2n) is 8.75. The van der Waals surface area contributed by atoms with E-state index in [0.717, 1.165) is 18.3 Å². The molecule has 2 aromatic carbocycles. The van der Waals surface area contributed by atoms with E-state index < -0.39 is 35.7 Å². The Morgan fingerprint density at radius 3 is 2.24 bits per heavy atom. The summed E-state index contributed by atoms with van der Waals surface area (Å²) in [7, 11) is 1.22. The summed E-state index contributed by atoms with van der Waals surface area (Å²) in [5, 5.41) is 16.0. The van der Waals surface area contributed by atoms with Gasteiger partial charge in [-0.15, -0.1) is 0 Å². The first-order valence-electron chi connectivity index (χ1n) is 11.4. The number of hydrogen-bond donors (Lipinski definition) is 1. The van der Waals surface area contributed by atoms with E-state index in [1.807, 2.05) is 0 Å². The van der Waals surface area contributed by atoms with Crippen molar-refractivity contribution in [1.29, 1.82) is 0 Å². The second kappa shape index (κ2) is 10.9. The number of esters is 2. The molecule has 1 heterocycles. The van der Waals surface area contributed by atoms with E-state index in [0.29, 0.717) is 21.7 Å². The highest BCUT2D eigenvalue weighted by Crippen LogP contribution is 2.40. The van der Waals surface area contributed by atoms with Crippen molar-refractivity contribution < 1.29 is 37.0 Å². The van der Waals surface area contributed by atoms with Gasteiger partial charge in [0.05, 0.1) is 35.8 Å². The number of carbonyl (C=O) groups is 2. The Morgan fingerprint density at radius 2 is 1.65 bits per heavy atom. The summed E-state index contributed by atoms with van der Waals surface area (Å²) in [6.45, 7) is 6.73. The number of methoxy groups -OCH3 is 1. The number of ether oxygens (including phenoxy) is 2. The fourth-order valence-electron chi connectivity index (χ4n) is 4.10. The van der Waals surface area contributed by atoms with Crippen LogP contribution in [-0.4, -0.2) is 36.1 Å². The van der Waals surface area contributed by atoms with Crippen LogP contribution in [0.2, 0.25) is 0 Å². The number of alkyl halides is 3. The van der Waals surface area contributed by atoms with Crippen LogP contribution < -0.4 is 5.32 Å². The molecule has 0 fully saturated rings. The average Bonchev–Trinajstić information content (AvgIpc) is 2.82. The van der Waals surface area contributed by atoms with Gasteiger partial charge < -0.3 is 20.0 Å². The fraction of sp³-hybridized carbons (Fsp3) is 0.296. The smallest absolute Gasteiger partial charge is 0.416 e. The zero-order valence-corrected chi connectivity index (χ0v) is 21.0. The molecule has 0 saturated heterocycles. The van der Waals surface area contributed by atoms with Gasteiger partial charge in [0.15, 0.2) is 6.21 Å². The maximum atomic E-state index is 13.1. The highest BCUT2D eigenvalue weighted by atomic mass is 19.4. The van der Waals surface area contributed by atoms with Gasteiger partial charge in [-0.25, -0.2) is 9.59 Å². The standard InChI is InChI=1S/C27H27F3N2O5/c1-15(2)37-26(34)23-17(4)31-16(3)22(25(33)36-5)24(23)19-9-7-11-21(13-19)32(35)14-18-8-6-10-20(12-18)27(28,29)30/h6-15,24,31H,1-5H3/b32-14-. The van der Waals surface area contributed by atoms with Crippen LogP contribution in [0.3, 0.4) is 0 Å². The van der Waals surface area contributed by atoms with Crippen molar-refractivity contribution in [2.75, 3.05) is 7.11 Å². The second-order valence-corrected chi connectivity index (χ2v) is 8.75. The summed E-state index contributed by atoms with van der Waals surface area (Å²) in [6.07, 6.45) is -3.95. The predicted octanol–water partition coefficient (Wildman–Crippen LogP) is 5.33. The van der Waals surface area contributed by atoms with Crippen LogP contribution in [-0.2, 0) is 25.2 Å². The first-order chi connectivity index (χ1) is 17.3. The topological polar surface area (TPSA) is 90.7 Å². The molecule has 0 amide bonds. The molecule has 0 spiro atoms. The molecule has 1 aliphatic rings. The lowest BCUT2D eigenvalue weighted by Gasteiger charge is -2.30. The Balaban J connectivity index is 2.11. The van der Waals surface area contributed by atoms with Crippen LogP contribution >= 0.6 is 0 Å². The van der Waals surface area contributed by atoms with Gasteiger partial charge >= 0.3 is 18.1 Å². The van der Waals surface area contributed by atoms with E-state index >= 15 is 0 Å². The highest BCUT2D eigenvalue weighted by molar-refractivity contribution is 6.00. The van der Waals surface area contributed by atoms with Gasteiger partial charge in [-0.3, -0.25) is 0 Å². The van der Waals surface area contributed by atoms with Gasteiger partial charge in [-0.2, -0.15) is 17.9 Å². The number of carbonyl (C=O) groups excluding carboxylic acids is 2. The molecule has 0 bridgehead atoms. The van der Waals surface area contributed by atoms with Crippen molar-refractivity contribution in [3.05, 3.63) is 93.0 Å². The normalized spacial score (nSPS) is 16.6. The summed E-state index contributed by atoms with van der Waals surface area (Å²) >= 11 is 0. The number of nitrogens with one attached hydrogen (secondary N) is 1. The van der Waals surface area contributed by atoms with Gasteiger partial charge in [-0.1, -0.05) is 18.2 Å². The minimum absolute atomic E-state index is 0.0556. The van der Waals surface area contributed by atoms with Crippen molar-refractivity contribution in [2.24, 2.45) is 0 Å². The maximum absolute atomic E-state index is 13.1. The molecular weight excluding hydrogens is 489 g/mol. The number of dihydropyridines is 1. The highest BCUT2D eigenvalue weighted by Gasteiger charge is 2.38. The zero-order valence-electron chi connectivity index (χ0n) is 21.0. The first-order valence-corrected chi connectivity index (χ1v) is 11.4. The molecule has 3 rings (SSSR count). The van der Waals surface area contributed by atoms with Crippen LogP contribution in [0, 0.1) is 5.21 Å².